The standard InChI is InChI=1S/C30H36ClN3O3S/c1-24-11-17-27(18-12-24)38(36,37)34(23-25-13-15-26(31)16-14-25)29-10-5-4-9-28(29)30(35)32-19-8-22-33-20-6-2-3-7-21-33/h4-5,9-18H,2-3,6-8,19-23H2,1H3,(H,32,35). The summed E-state index contributed by atoms with van der Waals surface area (Å²) in [6.45, 7) is 5.69. The van der Waals surface area contributed by atoms with E-state index in [1.54, 1.807) is 72.8 Å². The van der Waals surface area contributed by atoms with E-state index in [1.807, 2.05) is 6.92 Å². The molecule has 1 fully saturated rings. The number of hydrogen-bond donors (Lipinski definition) is 1. The Morgan fingerprint density at radius 2 is 1.58 bits per heavy atom. The summed E-state index contributed by atoms with van der Waals surface area (Å²) < 4.78 is 29.1. The van der Waals surface area contributed by atoms with Crippen LogP contribution in [0.1, 0.15) is 53.6 Å². The molecule has 0 aliphatic carbocycles. The molecule has 0 atom stereocenters. The molecule has 4 rings (SSSR count). The van der Waals surface area contributed by atoms with Crippen LogP contribution in [0.4, 0.5) is 5.69 Å². The number of carbonyl (C=O) groups is 1. The highest BCUT2D eigenvalue weighted by molar-refractivity contribution is 7.92. The van der Waals surface area contributed by atoms with Crippen molar-refractivity contribution in [3.63, 3.8) is 0 Å². The number of anilines is 1. The van der Waals surface area contributed by atoms with Crippen molar-refractivity contribution >= 4 is 33.2 Å². The molecule has 1 heterocycles. The van der Waals surface area contributed by atoms with Gasteiger partial charge in [-0.05, 0) is 87.8 Å². The SMILES string of the molecule is Cc1ccc(S(=O)(=O)N(Cc2ccc(Cl)cc2)c2ccccc2C(=O)NCCCN2CCCCCC2)cc1. The molecule has 0 unspecified atom stereocenters. The average Bonchev–Trinajstić information content (AvgIpc) is 3.20. The molecular formula is C30H36ClN3O3S. The van der Waals surface area contributed by atoms with Crippen LogP contribution in [0.25, 0.3) is 0 Å². The van der Waals surface area contributed by atoms with E-state index in [-0.39, 0.29) is 17.3 Å². The lowest BCUT2D eigenvalue weighted by Crippen LogP contribution is -2.34. The van der Waals surface area contributed by atoms with Crippen molar-refractivity contribution in [1.82, 2.24) is 10.2 Å². The van der Waals surface area contributed by atoms with Gasteiger partial charge in [-0.2, -0.15) is 0 Å². The van der Waals surface area contributed by atoms with Gasteiger partial charge in [0, 0.05) is 11.6 Å². The lowest BCUT2D eigenvalue weighted by atomic mass is 10.1. The first kappa shape index (κ1) is 28.1. The number of aryl methyl sites for hydroxylation is 1. The van der Waals surface area contributed by atoms with Crippen molar-refractivity contribution in [2.45, 2.75) is 50.5 Å². The minimum Gasteiger partial charge on any atom is -0.352 e. The zero-order valence-corrected chi connectivity index (χ0v) is 23.5. The molecule has 0 saturated carbocycles. The Morgan fingerprint density at radius 3 is 2.26 bits per heavy atom. The van der Waals surface area contributed by atoms with Gasteiger partial charge < -0.3 is 10.2 Å². The zero-order chi connectivity index (χ0) is 27.0. The van der Waals surface area contributed by atoms with Crippen LogP contribution in [0.3, 0.4) is 0 Å². The summed E-state index contributed by atoms with van der Waals surface area (Å²) in [6, 6.07) is 20.7. The number of halogens is 1. The van der Waals surface area contributed by atoms with Gasteiger partial charge >= 0.3 is 0 Å². The Bertz CT molecular complexity index is 1300. The third-order valence-corrected chi connectivity index (χ3v) is 8.93. The van der Waals surface area contributed by atoms with Gasteiger partial charge in [0.1, 0.15) is 0 Å². The van der Waals surface area contributed by atoms with Gasteiger partial charge in [-0.1, -0.05) is 66.4 Å². The highest BCUT2D eigenvalue weighted by Crippen LogP contribution is 2.30. The smallest absolute Gasteiger partial charge is 0.264 e. The van der Waals surface area contributed by atoms with Crippen LogP contribution in [-0.2, 0) is 16.6 Å². The molecule has 0 aromatic heterocycles. The highest BCUT2D eigenvalue weighted by Gasteiger charge is 2.28. The normalized spacial score (nSPS) is 14.6. The Morgan fingerprint density at radius 1 is 0.921 bits per heavy atom. The molecular weight excluding hydrogens is 518 g/mol. The topological polar surface area (TPSA) is 69.7 Å². The van der Waals surface area contributed by atoms with Gasteiger partial charge in [0.05, 0.1) is 22.7 Å². The van der Waals surface area contributed by atoms with Gasteiger partial charge in [0.25, 0.3) is 15.9 Å². The maximum absolute atomic E-state index is 13.9. The maximum Gasteiger partial charge on any atom is 0.264 e. The number of hydrogen-bond acceptors (Lipinski definition) is 4. The predicted molar refractivity (Wildman–Crippen MR) is 154 cm³/mol. The number of nitrogens with zero attached hydrogens (tertiary/aromatic N) is 2. The van der Waals surface area contributed by atoms with E-state index in [0.717, 1.165) is 37.2 Å². The minimum atomic E-state index is -3.96. The zero-order valence-electron chi connectivity index (χ0n) is 21.9. The van der Waals surface area contributed by atoms with Crippen molar-refractivity contribution in [3.8, 4) is 0 Å². The molecule has 1 N–H and O–H groups in total. The number of sulfonamides is 1. The molecule has 1 saturated heterocycles. The Hall–Kier alpha value is -2.87. The fourth-order valence-electron chi connectivity index (χ4n) is 4.74. The summed E-state index contributed by atoms with van der Waals surface area (Å²) in [5, 5.41) is 3.59. The van der Waals surface area contributed by atoms with Crippen LogP contribution in [0.5, 0.6) is 0 Å². The van der Waals surface area contributed by atoms with E-state index in [0.29, 0.717) is 22.8 Å². The lowest BCUT2D eigenvalue weighted by Gasteiger charge is -2.27. The molecule has 0 bridgehead atoms. The second kappa shape index (κ2) is 13.3. The molecule has 1 aliphatic rings. The van der Waals surface area contributed by atoms with Gasteiger partial charge in [-0.25, -0.2) is 8.42 Å². The molecule has 202 valence electrons. The number of rotatable bonds is 10. The van der Waals surface area contributed by atoms with Crippen LogP contribution < -0.4 is 9.62 Å². The fourth-order valence-corrected chi connectivity index (χ4v) is 6.33. The van der Waals surface area contributed by atoms with Gasteiger partial charge in [0.15, 0.2) is 0 Å². The molecule has 3 aromatic rings. The third kappa shape index (κ3) is 7.37. The lowest BCUT2D eigenvalue weighted by molar-refractivity contribution is 0.0952. The maximum atomic E-state index is 13.9. The van der Waals surface area contributed by atoms with Crippen LogP contribution in [0.15, 0.2) is 77.7 Å². The molecule has 1 amide bonds. The van der Waals surface area contributed by atoms with Gasteiger partial charge in [-0.15, -0.1) is 0 Å². The predicted octanol–water partition coefficient (Wildman–Crippen LogP) is 6.04. The van der Waals surface area contributed by atoms with Crippen molar-refractivity contribution < 1.29 is 13.2 Å². The summed E-state index contributed by atoms with van der Waals surface area (Å²) in [5.74, 6) is -0.281. The number of carbonyl (C=O) groups excluding carboxylic acids is 1. The highest BCUT2D eigenvalue weighted by atomic mass is 35.5. The van der Waals surface area contributed by atoms with Crippen LogP contribution in [0.2, 0.25) is 5.02 Å². The first-order valence-corrected chi connectivity index (χ1v) is 15.1. The molecule has 6 nitrogen and oxygen atoms in total. The number of likely N-dealkylation sites (tertiary alicyclic amines) is 1. The summed E-state index contributed by atoms with van der Waals surface area (Å²) in [7, 11) is -3.96. The van der Waals surface area contributed by atoms with Crippen LogP contribution in [-0.4, -0.2) is 45.4 Å². The first-order chi connectivity index (χ1) is 18.3. The average molecular weight is 554 g/mol. The van der Waals surface area contributed by atoms with Crippen LogP contribution in [0, 0.1) is 6.92 Å². The molecule has 0 spiro atoms. The Kier molecular flexibility index (Phi) is 9.83. The summed E-state index contributed by atoms with van der Waals surface area (Å²) in [4.78, 5) is 16.0. The van der Waals surface area contributed by atoms with Crippen molar-refractivity contribution in [2.75, 3.05) is 30.5 Å². The van der Waals surface area contributed by atoms with Crippen molar-refractivity contribution in [2.24, 2.45) is 0 Å². The van der Waals surface area contributed by atoms with E-state index in [1.165, 1.54) is 30.0 Å². The summed E-state index contributed by atoms with van der Waals surface area (Å²) in [5.41, 5.74) is 2.39. The van der Waals surface area contributed by atoms with E-state index in [2.05, 4.69) is 10.2 Å². The fraction of sp³-hybridized carbons (Fsp3) is 0.367. The molecule has 3 aromatic carbocycles. The quantitative estimate of drug-likeness (QED) is 0.311. The Labute approximate surface area is 231 Å². The van der Waals surface area contributed by atoms with E-state index >= 15 is 0 Å². The molecule has 0 radical (unpaired) electrons. The van der Waals surface area contributed by atoms with Crippen molar-refractivity contribution in [1.29, 1.82) is 0 Å². The van der Waals surface area contributed by atoms with Crippen LogP contribution >= 0.6 is 11.6 Å². The molecule has 1 aliphatic heterocycles. The van der Waals surface area contributed by atoms with E-state index < -0.39 is 10.0 Å². The summed E-state index contributed by atoms with van der Waals surface area (Å²) >= 11 is 6.06. The van der Waals surface area contributed by atoms with E-state index in [9.17, 15) is 13.2 Å². The largest absolute Gasteiger partial charge is 0.352 e. The second-order valence-corrected chi connectivity index (χ2v) is 12.1. The Balaban J connectivity index is 1.57. The summed E-state index contributed by atoms with van der Waals surface area (Å²) in [6.07, 6.45) is 5.91. The third-order valence-electron chi connectivity index (χ3n) is 6.90. The number of para-hydroxylation sites is 1. The number of amides is 1. The minimum absolute atomic E-state index is 0.0621. The van der Waals surface area contributed by atoms with E-state index in [4.69, 9.17) is 11.6 Å². The van der Waals surface area contributed by atoms with Crippen molar-refractivity contribution in [3.05, 3.63) is 94.5 Å². The molecule has 8 heteroatoms. The van der Waals surface area contributed by atoms with Gasteiger partial charge in [-0.3, -0.25) is 9.10 Å². The number of nitrogens with one attached hydrogen (secondary N) is 1. The monoisotopic (exact) mass is 553 g/mol. The first-order valence-electron chi connectivity index (χ1n) is 13.3. The van der Waals surface area contributed by atoms with Gasteiger partial charge in [0.2, 0.25) is 0 Å². The molecule has 38 heavy (non-hydrogen) atoms. The second-order valence-electron chi connectivity index (χ2n) is 9.83. The number of benzene rings is 3.